The number of nitrogens with one attached hydrogen (secondary N) is 1. The highest BCUT2D eigenvalue weighted by atomic mass is 16.5. The summed E-state index contributed by atoms with van der Waals surface area (Å²) in [4.78, 5) is 35.8. The lowest BCUT2D eigenvalue weighted by Crippen LogP contribution is -2.36. The number of nitrogens with zero attached hydrogens (tertiary/aromatic N) is 4. The lowest BCUT2D eigenvalue weighted by atomic mass is 10.1. The second-order valence-corrected chi connectivity index (χ2v) is 9.00. The Hall–Kier alpha value is -4.85. The van der Waals surface area contributed by atoms with Crippen molar-refractivity contribution in [1.82, 2.24) is 15.0 Å². The van der Waals surface area contributed by atoms with Crippen LogP contribution in [0, 0.1) is 11.8 Å². The highest BCUT2D eigenvalue weighted by Crippen LogP contribution is 2.23. The highest BCUT2D eigenvalue weighted by molar-refractivity contribution is 5.91. The normalized spacial score (nSPS) is 11.0. The molecular weight excluding hydrogens is 566 g/mol. The standard InChI is InChI=1S/C22H22N6O.C8H12O2.C2H6.C2H4.CH5N/c1-24-19-6-4-16(5-7-19)2-3-17-12-20(18-14-25-22(23)26-15-18)27-21(13-17)28-8-10-29-11-9-28;1-7(2)6-8(10)4-3-5-9;3*1-2/h4-7,12-15,24H,8-11H2,1H3,(H2,23,25,26);5-6H,3-4H2,1-2H3;1-2H3;1-2H2;2H2,1H3. The maximum atomic E-state index is 10.8. The minimum absolute atomic E-state index is 0.0344. The third-order valence-electron chi connectivity index (χ3n) is 5.60. The molecule has 0 spiro atoms. The summed E-state index contributed by atoms with van der Waals surface area (Å²) in [5.74, 6) is 7.64. The van der Waals surface area contributed by atoms with Crippen molar-refractivity contribution < 1.29 is 14.3 Å². The number of carbonyl (C=O) groups excluding carboxylic acids is 2. The van der Waals surface area contributed by atoms with Gasteiger partial charge in [0.2, 0.25) is 5.95 Å². The van der Waals surface area contributed by atoms with Crippen LogP contribution in [0.15, 0.2) is 73.6 Å². The molecule has 242 valence electrons. The second-order valence-electron chi connectivity index (χ2n) is 9.00. The largest absolute Gasteiger partial charge is 0.388 e. The molecular formula is C35H49N7O3. The van der Waals surface area contributed by atoms with E-state index in [1.165, 1.54) is 7.05 Å². The number of morpholine rings is 1. The molecule has 45 heavy (non-hydrogen) atoms. The van der Waals surface area contributed by atoms with Crippen LogP contribution in [0.25, 0.3) is 11.3 Å². The topological polar surface area (TPSA) is 149 Å². The van der Waals surface area contributed by atoms with E-state index in [0.29, 0.717) is 26.1 Å². The van der Waals surface area contributed by atoms with Crippen LogP contribution in [0.2, 0.25) is 0 Å². The van der Waals surface area contributed by atoms with Crippen LogP contribution in [0.5, 0.6) is 0 Å². The smallest absolute Gasteiger partial charge is 0.219 e. The van der Waals surface area contributed by atoms with Crippen LogP contribution in [-0.4, -0.2) is 67.4 Å². The van der Waals surface area contributed by atoms with Crippen molar-refractivity contribution in [3.8, 4) is 23.1 Å². The van der Waals surface area contributed by atoms with Crippen LogP contribution >= 0.6 is 0 Å². The Kier molecular flexibility index (Phi) is 21.9. The average Bonchev–Trinajstić information content (AvgIpc) is 3.10. The van der Waals surface area contributed by atoms with E-state index < -0.39 is 0 Å². The summed E-state index contributed by atoms with van der Waals surface area (Å²) in [6, 6.07) is 12.0. The van der Waals surface area contributed by atoms with E-state index in [4.69, 9.17) is 15.5 Å². The lowest BCUT2D eigenvalue weighted by molar-refractivity contribution is -0.117. The molecule has 1 aromatic carbocycles. The Morgan fingerprint density at radius 2 is 1.60 bits per heavy atom. The van der Waals surface area contributed by atoms with Crippen molar-refractivity contribution in [1.29, 1.82) is 0 Å². The van der Waals surface area contributed by atoms with Gasteiger partial charge >= 0.3 is 0 Å². The van der Waals surface area contributed by atoms with Crippen LogP contribution in [-0.2, 0) is 14.3 Å². The molecule has 0 bridgehead atoms. The zero-order valence-corrected chi connectivity index (χ0v) is 27.6. The molecule has 0 radical (unpaired) electrons. The fraction of sp³-hybridized carbons (Fsp3) is 0.343. The molecule has 0 atom stereocenters. The molecule has 3 aromatic rings. The summed E-state index contributed by atoms with van der Waals surface area (Å²) in [7, 11) is 3.40. The van der Waals surface area contributed by atoms with Gasteiger partial charge in [-0.1, -0.05) is 31.3 Å². The third-order valence-corrected chi connectivity index (χ3v) is 5.60. The van der Waals surface area contributed by atoms with E-state index in [0.717, 1.165) is 58.8 Å². The van der Waals surface area contributed by atoms with Crippen LogP contribution in [0.4, 0.5) is 17.5 Å². The van der Waals surface area contributed by atoms with Crippen molar-refractivity contribution in [3.63, 3.8) is 0 Å². The Bertz CT molecular complexity index is 1350. The lowest BCUT2D eigenvalue weighted by Gasteiger charge is -2.28. The van der Waals surface area contributed by atoms with E-state index in [1.54, 1.807) is 18.5 Å². The van der Waals surface area contributed by atoms with Crippen molar-refractivity contribution in [2.24, 2.45) is 5.73 Å². The minimum atomic E-state index is 0.0344. The van der Waals surface area contributed by atoms with Crippen LogP contribution < -0.4 is 21.7 Å². The fourth-order valence-electron chi connectivity index (χ4n) is 3.62. The number of ether oxygens (including phenoxy) is 1. The molecule has 0 unspecified atom stereocenters. The number of hydrogen-bond donors (Lipinski definition) is 3. The van der Waals surface area contributed by atoms with Gasteiger partial charge in [0.05, 0.1) is 18.9 Å². The predicted molar refractivity (Wildman–Crippen MR) is 187 cm³/mol. The summed E-state index contributed by atoms with van der Waals surface area (Å²) in [5, 5.41) is 3.11. The molecule has 2 aromatic heterocycles. The Balaban J connectivity index is 0.00000102. The van der Waals surface area contributed by atoms with Gasteiger partial charge in [0.25, 0.3) is 0 Å². The maximum Gasteiger partial charge on any atom is 0.219 e. The third kappa shape index (κ3) is 16.0. The molecule has 5 N–H and O–H groups in total. The monoisotopic (exact) mass is 615 g/mol. The Morgan fingerprint density at radius 1 is 1.02 bits per heavy atom. The van der Waals surface area contributed by atoms with Crippen molar-refractivity contribution in [2.45, 2.75) is 40.5 Å². The first kappa shape index (κ1) is 40.1. The van der Waals surface area contributed by atoms with Gasteiger partial charge in [0.1, 0.15) is 12.1 Å². The number of hydrogen-bond acceptors (Lipinski definition) is 10. The number of ketones is 1. The number of carbonyl (C=O) groups is 2. The summed E-state index contributed by atoms with van der Waals surface area (Å²) in [6.45, 7) is 16.7. The predicted octanol–water partition coefficient (Wildman–Crippen LogP) is 5.30. The van der Waals surface area contributed by atoms with Crippen molar-refractivity contribution in [3.05, 3.63) is 84.7 Å². The molecule has 1 aliphatic heterocycles. The number of anilines is 3. The molecule has 0 amide bonds. The summed E-state index contributed by atoms with van der Waals surface area (Å²) in [6.07, 6.45) is 6.36. The molecule has 4 rings (SSSR count). The number of pyridine rings is 1. The molecule has 1 aliphatic rings. The second kappa shape index (κ2) is 24.6. The number of nitrogens with two attached hydrogens (primary N) is 2. The van der Waals surface area contributed by atoms with Crippen LogP contribution in [0.3, 0.4) is 0 Å². The van der Waals surface area contributed by atoms with Gasteiger partial charge in [-0.05, 0) is 63.4 Å². The summed E-state index contributed by atoms with van der Waals surface area (Å²) in [5.41, 5.74) is 15.6. The number of benzene rings is 1. The zero-order chi connectivity index (χ0) is 34.0. The number of nitrogen functional groups attached to an aromatic ring is 1. The highest BCUT2D eigenvalue weighted by Gasteiger charge is 2.15. The first-order valence-electron chi connectivity index (χ1n) is 14.8. The molecule has 10 heteroatoms. The minimum Gasteiger partial charge on any atom is -0.388 e. The van der Waals surface area contributed by atoms with Gasteiger partial charge in [-0.3, -0.25) is 4.79 Å². The number of allylic oxidation sites excluding steroid dienone is 2. The molecule has 3 heterocycles. The van der Waals surface area contributed by atoms with Crippen molar-refractivity contribution in [2.75, 3.05) is 56.3 Å². The fourth-order valence-corrected chi connectivity index (χ4v) is 3.62. The van der Waals surface area contributed by atoms with E-state index in [9.17, 15) is 9.59 Å². The Morgan fingerprint density at radius 3 is 2.13 bits per heavy atom. The van der Waals surface area contributed by atoms with Gasteiger partial charge < -0.3 is 31.2 Å². The SMILES string of the molecule is C=C.CC.CC(C)=CC(=O)CCC=O.CN.CNc1ccc(C#Cc2cc(-c3cnc(N)nc3)nc(N3CCOCC3)c2)cc1. The first-order chi connectivity index (χ1) is 21.9. The van der Waals surface area contributed by atoms with Gasteiger partial charge in [0.15, 0.2) is 5.78 Å². The van der Waals surface area contributed by atoms with E-state index in [2.05, 4.69) is 50.9 Å². The van der Waals surface area contributed by atoms with Gasteiger partial charge in [-0.2, -0.15) is 0 Å². The number of aromatic nitrogens is 3. The van der Waals surface area contributed by atoms with E-state index >= 15 is 0 Å². The van der Waals surface area contributed by atoms with Crippen LogP contribution in [0.1, 0.15) is 51.7 Å². The molecule has 1 fully saturated rings. The Labute approximate surface area is 269 Å². The average molecular weight is 616 g/mol. The van der Waals surface area contributed by atoms with E-state index in [-0.39, 0.29) is 11.7 Å². The molecule has 0 saturated carbocycles. The number of rotatable bonds is 7. The maximum absolute atomic E-state index is 10.8. The molecule has 0 aliphatic carbocycles. The quantitative estimate of drug-likeness (QED) is 0.138. The number of aldehydes is 1. The first-order valence-corrected chi connectivity index (χ1v) is 14.8. The van der Waals surface area contributed by atoms with E-state index in [1.807, 2.05) is 71.1 Å². The summed E-state index contributed by atoms with van der Waals surface area (Å²) < 4.78 is 5.47. The van der Waals surface area contributed by atoms with Gasteiger partial charge in [0, 0.05) is 67.8 Å². The van der Waals surface area contributed by atoms with Gasteiger partial charge in [-0.15, -0.1) is 13.2 Å². The zero-order valence-electron chi connectivity index (χ0n) is 27.6. The van der Waals surface area contributed by atoms with Crippen molar-refractivity contribution >= 4 is 29.5 Å². The molecule has 1 saturated heterocycles. The molecule has 10 nitrogen and oxygen atoms in total. The van der Waals surface area contributed by atoms with Gasteiger partial charge in [-0.25, -0.2) is 15.0 Å². The summed E-state index contributed by atoms with van der Waals surface area (Å²) >= 11 is 0.